The fourth-order valence-corrected chi connectivity index (χ4v) is 1.48. The summed E-state index contributed by atoms with van der Waals surface area (Å²) in [6, 6.07) is 0. The van der Waals surface area contributed by atoms with E-state index in [9.17, 15) is 9.59 Å². The summed E-state index contributed by atoms with van der Waals surface area (Å²) < 4.78 is 0. The highest BCUT2D eigenvalue weighted by atomic mass is 16.4. The van der Waals surface area contributed by atoms with E-state index in [-0.39, 0.29) is 11.5 Å². The molecule has 2 atom stereocenters. The van der Waals surface area contributed by atoms with E-state index in [0.29, 0.717) is 6.42 Å². The fourth-order valence-electron chi connectivity index (χ4n) is 1.48. The van der Waals surface area contributed by atoms with Gasteiger partial charge in [0, 0.05) is 5.57 Å². The summed E-state index contributed by atoms with van der Waals surface area (Å²) in [5, 5.41) is 17.3. The lowest BCUT2D eigenvalue weighted by Crippen LogP contribution is -2.23. The summed E-state index contributed by atoms with van der Waals surface area (Å²) in [4.78, 5) is 21.2. The average molecular weight is 170 g/mol. The van der Waals surface area contributed by atoms with Gasteiger partial charge in [-0.05, 0) is 12.3 Å². The first-order valence-corrected chi connectivity index (χ1v) is 3.70. The molecule has 0 radical (unpaired) electrons. The lowest BCUT2D eigenvalue weighted by Gasteiger charge is -2.11. The quantitative estimate of drug-likeness (QED) is 0.640. The highest BCUT2D eigenvalue weighted by Crippen LogP contribution is 2.31. The van der Waals surface area contributed by atoms with E-state index in [2.05, 4.69) is 0 Å². The van der Waals surface area contributed by atoms with E-state index in [1.807, 2.05) is 0 Å². The molecule has 0 unspecified atom stereocenters. The Balaban J connectivity index is 2.88. The fraction of sp³-hybridized carbons (Fsp3) is 0.500. The van der Waals surface area contributed by atoms with Gasteiger partial charge >= 0.3 is 11.9 Å². The summed E-state index contributed by atoms with van der Waals surface area (Å²) in [6.45, 7) is 1.74. The zero-order valence-corrected chi connectivity index (χ0v) is 6.65. The Bertz CT molecular complexity index is 254. The molecule has 1 aliphatic carbocycles. The summed E-state index contributed by atoms with van der Waals surface area (Å²) in [6.07, 6.45) is 2.03. The molecule has 0 aliphatic heterocycles. The van der Waals surface area contributed by atoms with Crippen molar-refractivity contribution in [3.05, 3.63) is 11.6 Å². The standard InChI is InChI=1S/C8H10O4/c1-4-2-3-5(7(9)10)6(4)8(11)12/h3-4,6H,2H2,1H3,(H,9,10)(H,11,12)/t4-,6+/m0/s1. The van der Waals surface area contributed by atoms with Crippen molar-refractivity contribution in [3.8, 4) is 0 Å². The number of carbonyl (C=O) groups is 2. The minimum absolute atomic E-state index is 0.0231. The Kier molecular flexibility index (Phi) is 2.17. The SMILES string of the molecule is C[C@H]1CC=C(C(=O)O)[C@@H]1C(=O)O. The van der Waals surface area contributed by atoms with Gasteiger partial charge in [-0.3, -0.25) is 4.79 Å². The summed E-state index contributed by atoms with van der Waals surface area (Å²) in [7, 11) is 0. The second kappa shape index (κ2) is 2.97. The van der Waals surface area contributed by atoms with E-state index in [4.69, 9.17) is 10.2 Å². The molecule has 0 amide bonds. The number of allylic oxidation sites excluding steroid dienone is 1. The van der Waals surface area contributed by atoms with E-state index < -0.39 is 17.9 Å². The van der Waals surface area contributed by atoms with Gasteiger partial charge in [-0.2, -0.15) is 0 Å². The first-order valence-electron chi connectivity index (χ1n) is 3.70. The van der Waals surface area contributed by atoms with Gasteiger partial charge < -0.3 is 10.2 Å². The predicted octanol–water partition coefficient (Wildman–Crippen LogP) is 0.738. The maximum Gasteiger partial charge on any atom is 0.332 e. The van der Waals surface area contributed by atoms with Gasteiger partial charge in [-0.15, -0.1) is 0 Å². The van der Waals surface area contributed by atoms with Crippen molar-refractivity contribution in [1.82, 2.24) is 0 Å². The van der Waals surface area contributed by atoms with Crippen LogP contribution < -0.4 is 0 Å². The average Bonchev–Trinajstić information content (AvgIpc) is 2.30. The van der Waals surface area contributed by atoms with Crippen LogP contribution >= 0.6 is 0 Å². The van der Waals surface area contributed by atoms with E-state index in [1.54, 1.807) is 6.92 Å². The smallest absolute Gasteiger partial charge is 0.332 e. The van der Waals surface area contributed by atoms with Crippen LogP contribution in [0.5, 0.6) is 0 Å². The van der Waals surface area contributed by atoms with Crippen LogP contribution in [0.4, 0.5) is 0 Å². The highest BCUT2D eigenvalue weighted by Gasteiger charge is 2.35. The van der Waals surface area contributed by atoms with Gasteiger partial charge in [0.15, 0.2) is 0 Å². The number of rotatable bonds is 2. The lowest BCUT2D eigenvalue weighted by atomic mass is 9.93. The predicted molar refractivity (Wildman–Crippen MR) is 40.6 cm³/mol. The molecular weight excluding hydrogens is 160 g/mol. The molecule has 0 spiro atoms. The first-order chi connectivity index (χ1) is 5.54. The molecular formula is C8H10O4. The largest absolute Gasteiger partial charge is 0.481 e. The third kappa shape index (κ3) is 1.32. The molecule has 1 rings (SSSR count). The van der Waals surface area contributed by atoms with E-state index in [0.717, 1.165) is 0 Å². The van der Waals surface area contributed by atoms with Gasteiger partial charge in [0.05, 0.1) is 5.92 Å². The second-order valence-corrected chi connectivity index (χ2v) is 2.99. The molecule has 0 saturated heterocycles. The van der Waals surface area contributed by atoms with Crippen LogP contribution in [0.25, 0.3) is 0 Å². The van der Waals surface area contributed by atoms with Crippen LogP contribution in [0.15, 0.2) is 11.6 Å². The Morgan fingerprint density at radius 3 is 2.42 bits per heavy atom. The van der Waals surface area contributed by atoms with Gasteiger partial charge in [0.1, 0.15) is 0 Å². The molecule has 0 aromatic carbocycles. The van der Waals surface area contributed by atoms with Gasteiger partial charge in [0.2, 0.25) is 0 Å². The number of hydrogen-bond acceptors (Lipinski definition) is 2. The molecule has 0 bridgehead atoms. The summed E-state index contributed by atoms with van der Waals surface area (Å²) >= 11 is 0. The van der Waals surface area contributed by atoms with Gasteiger partial charge in [0.25, 0.3) is 0 Å². The zero-order chi connectivity index (χ0) is 9.30. The maximum atomic E-state index is 10.6. The third-order valence-electron chi connectivity index (χ3n) is 2.13. The molecule has 66 valence electrons. The van der Waals surface area contributed by atoms with Crippen molar-refractivity contribution < 1.29 is 19.8 Å². The third-order valence-corrected chi connectivity index (χ3v) is 2.13. The minimum atomic E-state index is -1.12. The minimum Gasteiger partial charge on any atom is -0.481 e. The van der Waals surface area contributed by atoms with Crippen molar-refractivity contribution in [2.45, 2.75) is 13.3 Å². The van der Waals surface area contributed by atoms with Gasteiger partial charge in [-0.25, -0.2) is 4.79 Å². The van der Waals surface area contributed by atoms with Crippen LogP contribution in [-0.2, 0) is 9.59 Å². The maximum absolute atomic E-state index is 10.6. The van der Waals surface area contributed by atoms with Crippen LogP contribution in [-0.4, -0.2) is 22.2 Å². The molecule has 0 aromatic rings. The molecule has 0 fully saturated rings. The lowest BCUT2D eigenvalue weighted by molar-refractivity contribution is -0.144. The molecule has 0 heterocycles. The van der Waals surface area contributed by atoms with Crippen molar-refractivity contribution in [3.63, 3.8) is 0 Å². The van der Waals surface area contributed by atoms with Gasteiger partial charge in [-0.1, -0.05) is 13.0 Å². The van der Waals surface area contributed by atoms with E-state index >= 15 is 0 Å². The highest BCUT2D eigenvalue weighted by molar-refractivity contribution is 5.94. The molecule has 4 heteroatoms. The zero-order valence-electron chi connectivity index (χ0n) is 6.65. The molecule has 12 heavy (non-hydrogen) atoms. The summed E-state index contributed by atoms with van der Waals surface area (Å²) in [5.41, 5.74) is 0.0231. The number of carboxylic acid groups (broad SMARTS) is 2. The summed E-state index contributed by atoms with van der Waals surface area (Å²) in [5.74, 6) is -3.10. The molecule has 0 saturated carbocycles. The van der Waals surface area contributed by atoms with Crippen LogP contribution in [0.2, 0.25) is 0 Å². The van der Waals surface area contributed by atoms with Crippen molar-refractivity contribution in [2.75, 3.05) is 0 Å². The number of hydrogen-bond donors (Lipinski definition) is 2. The van der Waals surface area contributed by atoms with Crippen molar-refractivity contribution >= 4 is 11.9 Å². The molecule has 0 aromatic heterocycles. The number of aliphatic carboxylic acids is 2. The second-order valence-electron chi connectivity index (χ2n) is 2.99. The first kappa shape index (κ1) is 8.77. The van der Waals surface area contributed by atoms with Crippen molar-refractivity contribution in [2.24, 2.45) is 11.8 Å². The Morgan fingerprint density at radius 2 is 2.08 bits per heavy atom. The topological polar surface area (TPSA) is 74.6 Å². The monoisotopic (exact) mass is 170 g/mol. The Hall–Kier alpha value is -1.32. The Labute approximate surface area is 69.5 Å². The van der Waals surface area contributed by atoms with Crippen LogP contribution in [0, 0.1) is 11.8 Å². The van der Waals surface area contributed by atoms with Crippen molar-refractivity contribution in [1.29, 1.82) is 0 Å². The Morgan fingerprint density at radius 1 is 1.50 bits per heavy atom. The normalized spacial score (nSPS) is 28.2. The van der Waals surface area contributed by atoms with Crippen LogP contribution in [0.1, 0.15) is 13.3 Å². The molecule has 4 nitrogen and oxygen atoms in total. The number of carboxylic acids is 2. The molecule has 2 N–H and O–H groups in total. The van der Waals surface area contributed by atoms with Crippen LogP contribution in [0.3, 0.4) is 0 Å². The molecule has 1 aliphatic rings. The van der Waals surface area contributed by atoms with E-state index in [1.165, 1.54) is 6.08 Å².